The summed E-state index contributed by atoms with van der Waals surface area (Å²) >= 11 is 0. The zero-order valence-corrected chi connectivity index (χ0v) is 17.4. The lowest BCUT2D eigenvalue weighted by Crippen LogP contribution is -2.42. The van der Waals surface area contributed by atoms with Crippen LogP contribution in [0.3, 0.4) is 0 Å². The number of guanidine groups is 1. The lowest BCUT2D eigenvalue weighted by Gasteiger charge is -2.18. The van der Waals surface area contributed by atoms with Crippen LogP contribution in [-0.4, -0.2) is 19.0 Å². The summed E-state index contributed by atoms with van der Waals surface area (Å²) in [5.41, 5.74) is 2.39. The number of rotatable bonds is 6. The highest BCUT2D eigenvalue weighted by atomic mass is 127. The number of aliphatic imine (C=N–C) groups is 1. The molecule has 0 atom stereocenters. The predicted molar refractivity (Wildman–Crippen MR) is 118 cm³/mol. The third kappa shape index (κ3) is 6.05. The van der Waals surface area contributed by atoms with Gasteiger partial charge in [0.1, 0.15) is 12.4 Å². The second-order valence-corrected chi connectivity index (χ2v) is 6.08. The molecule has 0 aliphatic heterocycles. The average Bonchev–Trinajstić information content (AvgIpc) is 3.18. The van der Waals surface area contributed by atoms with Crippen LogP contribution in [0, 0.1) is 0 Å². The second kappa shape index (κ2) is 10.9. The van der Waals surface area contributed by atoms with Crippen molar-refractivity contribution in [3.05, 3.63) is 77.9 Å². The molecule has 5 heteroatoms. The lowest BCUT2D eigenvalue weighted by atomic mass is 10.1. The van der Waals surface area contributed by atoms with Gasteiger partial charge in [0.25, 0.3) is 0 Å². The molecule has 0 bridgehead atoms. The van der Waals surface area contributed by atoms with Gasteiger partial charge in [-0.2, -0.15) is 0 Å². The maximum absolute atomic E-state index is 5.89. The first-order valence-electron chi connectivity index (χ1n) is 8.72. The smallest absolute Gasteiger partial charge is 0.191 e. The van der Waals surface area contributed by atoms with Crippen molar-refractivity contribution in [3.8, 4) is 5.75 Å². The summed E-state index contributed by atoms with van der Waals surface area (Å²) in [6.45, 7) is 1.27. The SMILES string of the molecule is CN=C(NCc1ccccc1COc1ccccc1)NC1CC=CC1.I. The van der Waals surface area contributed by atoms with E-state index in [4.69, 9.17) is 4.74 Å². The Kier molecular flexibility index (Phi) is 8.47. The molecular weight excluding hydrogens is 437 g/mol. The first kappa shape index (κ1) is 20.3. The van der Waals surface area contributed by atoms with E-state index >= 15 is 0 Å². The van der Waals surface area contributed by atoms with Gasteiger partial charge in [-0.15, -0.1) is 24.0 Å². The molecule has 0 unspecified atom stereocenters. The molecule has 0 amide bonds. The van der Waals surface area contributed by atoms with E-state index in [2.05, 4.69) is 46.0 Å². The highest BCUT2D eigenvalue weighted by molar-refractivity contribution is 14.0. The molecule has 0 saturated heterocycles. The number of hydrogen-bond acceptors (Lipinski definition) is 2. The molecule has 1 aliphatic rings. The molecule has 3 rings (SSSR count). The molecule has 138 valence electrons. The Labute approximate surface area is 172 Å². The van der Waals surface area contributed by atoms with Crippen molar-refractivity contribution in [2.24, 2.45) is 4.99 Å². The van der Waals surface area contributed by atoms with Gasteiger partial charge in [-0.1, -0.05) is 54.6 Å². The number of halogens is 1. The molecule has 0 saturated carbocycles. The van der Waals surface area contributed by atoms with Crippen LogP contribution < -0.4 is 15.4 Å². The summed E-state index contributed by atoms with van der Waals surface area (Å²) < 4.78 is 5.89. The minimum Gasteiger partial charge on any atom is -0.489 e. The fourth-order valence-electron chi connectivity index (χ4n) is 2.85. The third-order valence-electron chi connectivity index (χ3n) is 4.27. The van der Waals surface area contributed by atoms with Crippen molar-refractivity contribution in [1.29, 1.82) is 0 Å². The summed E-state index contributed by atoms with van der Waals surface area (Å²) in [7, 11) is 1.81. The van der Waals surface area contributed by atoms with Crippen LogP contribution in [0.2, 0.25) is 0 Å². The van der Waals surface area contributed by atoms with Gasteiger partial charge in [0, 0.05) is 19.6 Å². The maximum Gasteiger partial charge on any atom is 0.191 e. The summed E-state index contributed by atoms with van der Waals surface area (Å²) in [4.78, 5) is 4.33. The number of benzene rings is 2. The number of para-hydroxylation sites is 1. The van der Waals surface area contributed by atoms with E-state index in [0.29, 0.717) is 19.2 Å². The van der Waals surface area contributed by atoms with E-state index in [1.54, 1.807) is 0 Å². The van der Waals surface area contributed by atoms with E-state index in [9.17, 15) is 0 Å². The van der Waals surface area contributed by atoms with Crippen LogP contribution in [0.15, 0.2) is 71.7 Å². The van der Waals surface area contributed by atoms with E-state index in [1.165, 1.54) is 11.1 Å². The Morgan fingerprint density at radius 2 is 1.65 bits per heavy atom. The summed E-state index contributed by atoms with van der Waals surface area (Å²) in [6, 6.07) is 18.7. The topological polar surface area (TPSA) is 45.7 Å². The Bertz CT molecular complexity index is 723. The van der Waals surface area contributed by atoms with Crippen LogP contribution in [-0.2, 0) is 13.2 Å². The summed E-state index contributed by atoms with van der Waals surface area (Å²) in [5, 5.41) is 6.87. The molecule has 0 aromatic heterocycles. The third-order valence-corrected chi connectivity index (χ3v) is 4.27. The van der Waals surface area contributed by atoms with Gasteiger partial charge in [-0.25, -0.2) is 0 Å². The number of hydrogen-bond donors (Lipinski definition) is 2. The van der Waals surface area contributed by atoms with Crippen LogP contribution in [0.4, 0.5) is 0 Å². The van der Waals surface area contributed by atoms with E-state index < -0.39 is 0 Å². The Hall–Kier alpha value is -2.02. The number of nitrogens with one attached hydrogen (secondary N) is 2. The molecule has 2 aromatic rings. The molecule has 2 N–H and O–H groups in total. The van der Waals surface area contributed by atoms with Gasteiger partial charge < -0.3 is 15.4 Å². The normalized spacial score (nSPS) is 14.0. The van der Waals surface area contributed by atoms with Gasteiger partial charge in [-0.3, -0.25) is 4.99 Å². The molecule has 4 nitrogen and oxygen atoms in total. The summed E-state index contributed by atoms with van der Waals surface area (Å²) in [6.07, 6.45) is 6.53. The molecule has 0 fully saturated rings. The van der Waals surface area contributed by atoms with E-state index in [1.807, 2.05) is 43.4 Å². The van der Waals surface area contributed by atoms with Crippen LogP contribution in [0.1, 0.15) is 24.0 Å². The zero-order valence-electron chi connectivity index (χ0n) is 15.0. The molecule has 0 heterocycles. The van der Waals surface area contributed by atoms with Gasteiger partial charge in [0.15, 0.2) is 5.96 Å². The molecule has 1 aliphatic carbocycles. The highest BCUT2D eigenvalue weighted by Gasteiger charge is 2.12. The zero-order chi connectivity index (χ0) is 17.3. The van der Waals surface area contributed by atoms with Gasteiger partial charge in [0.2, 0.25) is 0 Å². The Balaban J connectivity index is 0.00000243. The molecule has 0 radical (unpaired) electrons. The van der Waals surface area contributed by atoms with Crippen molar-refractivity contribution < 1.29 is 4.74 Å². The average molecular weight is 463 g/mol. The van der Waals surface area contributed by atoms with Crippen molar-refractivity contribution in [1.82, 2.24) is 10.6 Å². The first-order valence-corrected chi connectivity index (χ1v) is 8.72. The lowest BCUT2D eigenvalue weighted by molar-refractivity contribution is 0.305. The van der Waals surface area contributed by atoms with Crippen LogP contribution >= 0.6 is 24.0 Å². The molecule has 2 aromatic carbocycles. The van der Waals surface area contributed by atoms with Gasteiger partial charge in [-0.05, 0) is 36.1 Å². The van der Waals surface area contributed by atoms with Crippen molar-refractivity contribution in [2.45, 2.75) is 32.0 Å². The Morgan fingerprint density at radius 1 is 1.00 bits per heavy atom. The second-order valence-electron chi connectivity index (χ2n) is 6.08. The standard InChI is InChI=1S/C21H25N3O.HI/c1-22-21(24-19-11-7-8-12-19)23-15-17-9-5-6-10-18(17)16-25-20-13-3-2-4-14-20;/h2-10,13-14,19H,11-12,15-16H2,1H3,(H2,22,23,24);1H. The fraction of sp³-hybridized carbons (Fsp3) is 0.286. The maximum atomic E-state index is 5.89. The molecule has 0 spiro atoms. The Morgan fingerprint density at radius 3 is 2.35 bits per heavy atom. The van der Waals surface area contributed by atoms with E-state index in [-0.39, 0.29) is 24.0 Å². The van der Waals surface area contributed by atoms with Crippen molar-refractivity contribution >= 4 is 29.9 Å². The van der Waals surface area contributed by atoms with Crippen molar-refractivity contribution in [2.75, 3.05) is 7.05 Å². The van der Waals surface area contributed by atoms with Crippen LogP contribution in [0.5, 0.6) is 5.75 Å². The minimum atomic E-state index is 0. The first-order chi connectivity index (χ1) is 12.3. The molecule has 26 heavy (non-hydrogen) atoms. The summed E-state index contributed by atoms with van der Waals surface area (Å²) in [5.74, 6) is 1.73. The quantitative estimate of drug-likeness (QED) is 0.291. The monoisotopic (exact) mass is 463 g/mol. The van der Waals surface area contributed by atoms with Gasteiger partial charge >= 0.3 is 0 Å². The van der Waals surface area contributed by atoms with Gasteiger partial charge in [0.05, 0.1) is 0 Å². The van der Waals surface area contributed by atoms with Crippen molar-refractivity contribution in [3.63, 3.8) is 0 Å². The predicted octanol–water partition coefficient (Wildman–Crippen LogP) is 4.27. The number of nitrogens with zero attached hydrogens (tertiary/aromatic N) is 1. The highest BCUT2D eigenvalue weighted by Crippen LogP contribution is 2.15. The van der Waals surface area contributed by atoms with Crippen LogP contribution in [0.25, 0.3) is 0 Å². The largest absolute Gasteiger partial charge is 0.489 e. The number of ether oxygens (including phenoxy) is 1. The molecular formula is C21H26IN3O. The fourth-order valence-corrected chi connectivity index (χ4v) is 2.85. The minimum absolute atomic E-state index is 0. The van der Waals surface area contributed by atoms with E-state index in [0.717, 1.165) is 24.6 Å².